The van der Waals surface area contributed by atoms with E-state index in [0.717, 1.165) is 5.56 Å². The quantitative estimate of drug-likeness (QED) is 0.408. The smallest absolute Gasteiger partial charge is 0.349 e. The van der Waals surface area contributed by atoms with Crippen LogP contribution < -0.4 is 19.5 Å². The SMILES string of the molecule is COc1ccc(NC(=O)c2ccc(OC(=O)COc3ccccc3C(C)C)cc2)cc1. The van der Waals surface area contributed by atoms with Crippen LogP contribution in [0.3, 0.4) is 0 Å². The van der Waals surface area contributed by atoms with Crippen molar-refractivity contribution in [2.24, 2.45) is 0 Å². The lowest BCUT2D eigenvalue weighted by Crippen LogP contribution is -2.18. The highest BCUT2D eigenvalue weighted by atomic mass is 16.6. The molecular weight excluding hydrogens is 394 g/mol. The van der Waals surface area contributed by atoms with E-state index in [0.29, 0.717) is 28.5 Å². The molecule has 0 saturated heterocycles. The van der Waals surface area contributed by atoms with Crippen LogP contribution in [0.1, 0.15) is 35.7 Å². The molecule has 0 spiro atoms. The molecule has 3 rings (SSSR count). The van der Waals surface area contributed by atoms with Gasteiger partial charge in [-0.25, -0.2) is 4.79 Å². The molecule has 0 aliphatic rings. The summed E-state index contributed by atoms with van der Waals surface area (Å²) in [5.74, 6) is 1.21. The molecule has 31 heavy (non-hydrogen) atoms. The van der Waals surface area contributed by atoms with Gasteiger partial charge in [0, 0.05) is 11.3 Å². The standard InChI is InChI=1S/C25H25NO5/c1-17(2)22-6-4-5-7-23(22)30-16-24(27)31-21-12-8-18(9-13-21)25(28)26-19-10-14-20(29-3)15-11-19/h4-15,17H,16H2,1-3H3,(H,26,28). The summed E-state index contributed by atoms with van der Waals surface area (Å²) < 4.78 is 16.0. The van der Waals surface area contributed by atoms with Crippen molar-refractivity contribution < 1.29 is 23.8 Å². The number of hydrogen-bond donors (Lipinski definition) is 1. The fraction of sp³-hybridized carbons (Fsp3) is 0.200. The number of nitrogens with one attached hydrogen (secondary N) is 1. The van der Waals surface area contributed by atoms with Crippen molar-refractivity contribution in [1.29, 1.82) is 0 Å². The number of esters is 1. The highest BCUT2D eigenvalue weighted by Gasteiger charge is 2.12. The number of benzene rings is 3. The molecule has 0 fully saturated rings. The van der Waals surface area contributed by atoms with Crippen LogP contribution in [0.2, 0.25) is 0 Å². The van der Waals surface area contributed by atoms with Gasteiger partial charge in [-0.15, -0.1) is 0 Å². The first kappa shape index (κ1) is 21.9. The summed E-state index contributed by atoms with van der Waals surface area (Å²) in [4.78, 5) is 24.5. The molecule has 1 amide bonds. The van der Waals surface area contributed by atoms with E-state index >= 15 is 0 Å². The Kier molecular flexibility index (Phi) is 7.27. The molecule has 3 aromatic carbocycles. The zero-order chi connectivity index (χ0) is 22.2. The summed E-state index contributed by atoms with van der Waals surface area (Å²) in [5, 5.41) is 2.80. The van der Waals surface area contributed by atoms with Gasteiger partial charge in [-0.1, -0.05) is 32.0 Å². The number of ether oxygens (including phenoxy) is 3. The average molecular weight is 419 g/mol. The highest BCUT2D eigenvalue weighted by Crippen LogP contribution is 2.26. The maximum absolute atomic E-state index is 12.4. The Hall–Kier alpha value is -3.80. The van der Waals surface area contributed by atoms with Gasteiger partial charge in [0.15, 0.2) is 6.61 Å². The summed E-state index contributed by atoms with van der Waals surface area (Å²) in [6.45, 7) is 3.92. The van der Waals surface area contributed by atoms with Gasteiger partial charge in [0.05, 0.1) is 7.11 Å². The monoisotopic (exact) mass is 419 g/mol. The van der Waals surface area contributed by atoms with Gasteiger partial charge in [0.1, 0.15) is 17.2 Å². The van der Waals surface area contributed by atoms with Crippen molar-refractivity contribution in [2.75, 3.05) is 19.0 Å². The first-order chi connectivity index (χ1) is 15.0. The van der Waals surface area contributed by atoms with E-state index < -0.39 is 5.97 Å². The molecule has 160 valence electrons. The van der Waals surface area contributed by atoms with Gasteiger partial charge >= 0.3 is 5.97 Å². The van der Waals surface area contributed by atoms with Crippen LogP contribution in [-0.4, -0.2) is 25.6 Å². The van der Waals surface area contributed by atoms with Gasteiger partial charge in [0.25, 0.3) is 5.91 Å². The van der Waals surface area contributed by atoms with E-state index in [2.05, 4.69) is 19.2 Å². The van der Waals surface area contributed by atoms with Gasteiger partial charge in [-0.3, -0.25) is 4.79 Å². The van der Waals surface area contributed by atoms with Gasteiger partial charge in [-0.05, 0) is 66.1 Å². The predicted octanol–water partition coefficient (Wildman–Crippen LogP) is 5.06. The van der Waals surface area contributed by atoms with Crippen molar-refractivity contribution in [2.45, 2.75) is 19.8 Å². The van der Waals surface area contributed by atoms with Crippen molar-refractivity contribution >= 4 is 17.6 Å². The van der Waals surface area contributed by atoms with E-state index in [-0.39, 0.29) is 18.4 Å². The van der Waals surface area contributed by atoms with E-state index in [1.165, 1.54) is 0 Å². The molecule has 6 heteroatoms. The van der Waals surface area contributed by atoms with Crippen LogP contribution in [0.25, 0.3) is 0 Å². The number of para-hydroxylation sites is 1. The molecule has 0 atom stereocenters. The lowest BCUT2D eigenvalue weighted by molar-refractivity contribution is -0.136. The number of amides is 1. The fourth-order valence-corrected chi connectivity index (χ4v) is 2.94. The minimum absolute atomic E-state index is 0.205. The third-order valence-electron chi connectivity index (χ3n) is 4.58. The lowest BCUT2D eigenvalue weighted by atomic mass is 10.0. The Bertz CT molecular complexity index is 1030. The second-order valence-electron chi connectivity index (χ2n) is 7.16. The average Bonchev–Trinajstić information content (AvgIpc) is 2.78. The van der Waals surface area contributed by atoms with Gasteiger partial charge < -0.3 is 19.5 Å². The van der Waals surface area contributed by atoms with E-state index in [9.17, 15) is 9.59 Å². The van der Waals surface area contributed by atoms with Crippen LogP contribution >= 0.6 is 0 Å². The van der Waals surface area contributed by atoms with Gasteiger partial charge in [0.2, 0.25) is 0 Å². The first-order valence-electron chi connectivity index (χ1n) is 9.94. The molecule has 6 nitrogen and oxygen atoms in total. The molecule has 1 N–H and O–H groups in total. The van der Waals surface area contributed by atoms with Crippen LogP contribution in [0.15, 0.2) is 72.8 Å². The number of rotatable bonds is 8. The summed E-state index contributed by atoms with van der Waals surface area (Å²) in [5.41, 5.74) is 2.13. The molecule has 3 aromatic rings. The fourth-order valence-electron chi connectivity index (χ4n) is 2.94. The molecule has 0 bridgehead atoms. The first-order valence-corrected chi connectivity index (χ1v) is 9.94. The summed E-state index contributed by atoms with van der Waals surface area (Å²) in [6.07, 6.45) is 0. The Labute approximate surface area is 181 Å². The molecular formula is C25H25NO5. The highest BCUT2D eigenvalue weighted by molar-refractivity contribution is 6.04. The molecule has 0 unspecified atom stereocenters. The lowest BCUT2D eigenvalue weighted by Gasteiger charge is -2.13. The normalized spacial score (nSPS) is 10.5. The number of hydrogen-bond acceptors (Lipinski definition) is 5. The number of carbonyl (C=O) groups is 2. The molecule has 0 aromatic heterocycles. The third-order valence-corrected chi connectivity index (χ3v) is 4.58. The Balaban J connectivity index is 1.53. The Morgan fingerprint density at radius 1 is 0.871 bits per heavy atom. The maximum Gasteiger partial charge on any atom is 0.349 e. The summed E-state index contributed by atoms with van der Waals surface area (Å²) in [6, 6.07) is 21.0. The summed E-state index contributed by atoms with van der Waals surface area (Å²) in [7, 11) is 1.58. The zero-order valence-electron chi connectivity index (χ0n) is 17.8. The second-order valence-corrected chi connectivity index (χ2v) is 7.16. The Morgan fingerprint density at radius 3 is 2.16 bits per heavy atom. The van der Waals surface area contributed by atoms with Crippen LogP contribution in [0.4, 0.5) is 5.69 Å². The number of anilines is 1. The molecule has 0 radical (unpaired) electrons. The van der Waals surface area contributed by atoms with Crippen molar-refractivity contribution in [3.63, 3.8) is 0 Å². The molecule has 0 heterocycles. The van der Waals surface area contributed by atoms with E-state index in [1.54, 1.807) is 55.6 Å². The zero-order valence-corrected chi connectivity index (χ0v) is 17.8. The van der Waals surface area contributed by atoms with Crippen LogP contribution in [0.5, 0.6) is 17.2 Å². The number of carbonyl (C=O) groups excluding carboxylic acids is 2. The molecule has 0 saturated carbocycles. The largest absolute Gasteiger partial charge is 0.497 e. The Morgan fingerprint density at radius 2 is 1.52 bits per heavy atom. The van der Waals surface area contributed by atoms with Gasteiger partial charge in [-0.2, -0.15) is 0 Å². The van der Waals surface area contributed by atoms with Crippen molar-refractivity contribution in [1.82, 2.24) is 0 Å². The van der Waals surface area contributed by atoms with Crippen LogP contribution in [0, 0.1) is 0 Å². The summed E-state index contributed by atoms with van der Waals surface area (Å²) >= 11 is 0. The van der Waals surface area contributed by atoms with Crippen molar-refractivity contribution in [3.8, 4) is 17.2 Å². The molecule has 0 aliphatic carbocycles. The van der Waals surface area contributed by atoms with E-state index in [1.807, 2.05) is 24.3 Å². The maximum atomic E-state index is 12.4. The molecule has 0 aliphatic heterocycles. The van der Waals surface area contributed by atoms with Crippen LogP contribution in [-0.2, 0) is 4.79 Å². The predicted molar refractivity (Wildman–Crippen MR) is 119 cm³/mol. The minimum Gasteiger partial charge on any atom is -0.497 e. The van der Waals surface area contributed by atoms with E-state index in [4.69, 9.17) is 14.2 Å². The van der Waals surface area contributed by atoms with Crippen molar-refractivity contribution in [3.05, 3.63) is 83.9 Å². The topological polar surface area (TPSA) is 73.9 Å². The second kappa shape index (κ2) is 10.3. The minimum atomic E-state index is -0.519. The third kappa shape index (κ3) is 6.09. The number of methoxy groups -OCH3 is 1.